The molecule has 0 N–H and O–H groups in total. The zero-order valence-electron chi connectivity index (χ0n) is 8.22. The zero-order valence-corrected chi connectivity index (χ0v) is 10.6. The Hall–Kier alpha value is -1.26. The molecule has 16 heavy (non-hydrogen) atoms. The number of pyridine rings is 1. The lowest BCUT2D eigenvalue weighted by Gasteiger charge is -2.02. The fourth-order valence-corrected chi connectivity index (χ4v) is 3.03. The van der Waals surface area contributed by atoms with Gasteiger partial charge in [0.25, 0.3) is 0 Å². The van der Waals surface area contributed by atoms with E-state index in [1.54, 1.807) is 17.5 Å². The third kappa shape index (κ3) is 1.64. The van der Waals surface area contributed by atoms with E-state index in [4.69, 9.17) is 0 Å². The molecule has 2 aromatic heterocycles. The third-order valence-corrected chi connectivity index (χ3v) is 4.14. The maximum atomic E-state index is 4.33. The molecular weight excluding hydrogens is 284 g/mol. The van der Waals surface area contributed by atoms with E-state index >= 15 is 0 Å². The smallest absolute Gasteiger partial charge is 0.0829 e. The predicted octanol–water partition coefficient (Wildman–Crippen LogP) is 4.12. The number of fused-ring (bicyclic) bond motifs is 1. The maximum absolute atomic E-state index is 4.33. The summed E-state index contributed by atoms with van der Waals surface area (Å²) < 4.78 is 2.28. The Labute approximate surface area is 105 Å². The summed E-state index contributed by atoms with van der Waals surface area (Å²) in [5, 5.41) is 0. The molecule has 0 unspecified atom stereocenters. The van der Waals surface area contributed by atoms with Crippen LogP contribution in [0.25, 0.3) is 21.3 Å². The molecule has 0 bridgehead atoms. The summed E-state index contributed by atoms with van der Waals surface area (Å²) in [7, 11) is 0. The van der Waals surface area contributed by atoms with E-state index in [2.05, 4.69) is 38.0 Å². The Morgan fingerprint density at radius 1 is 1.19 bits per heavy atom. The van der Waals surface area contributed by atoms with Gasteiger partial charge in [0.05, 0.1) is 15.7 Å². The number of rotatable bonds is 1. The van der Waals surface area contributed by atoms with E-state index in [9.17, 15) is 0 Å². The van der Waals surface area contributed by atoms with Gasteiger partial charge in [-0.05, 0) is 39.7 Å². The molecule has 0 atom stereocenters. The summed E-state index contributed by atoms with van der Waals surface area (Å²) in [5.74, 6) is 0. The molecule has 4 heteroatoms. The van der Waals surface area contributed by atoms with Crippen molar-refractivity contribution in [3.63, 3.8) is 0 Å². The lowest BCUT2D eigenvalue weighted by molar-refractivity contribution is 1.33. The van der Waals surface area contributed by atoms with Crippen molar-refractivity contribution in [3.05, 3.63) is 46.6 Å². The molecule has 0 saturated carbocycles. The van der Waals surface area contributed by atoms with Crippen LogP contribution in [-0.2, 0) is 0 Å². The highest BCUT2D eigenvalue weighted by Crippen LogP contribution is 2.32. The van der Waals surface area contributed by atoms with Crippen molar-refractivity contribution in [2.24, 2.45) is 0 Å². The zero-order chi connectivity index (χ0) is 11.0. The van der Waals surface area contributed by atoms with Gasteiger partial charge in [-0.25, -0.2) is 4.98 Å². The highest BCUT2D eigenvalue weighted by molar-refractivity contribution is 9.10. The van der Waals surface area contributed by atoms with Gasteiger partial charge >= 0.3 is 0 Å². The van der Waals surface area contributed by atoms with Gasteiger partial charge in [0.1, 0.15) is 0 Å². The average molecular weight is 291 g/mol. The van der Waals surface area contributed by atoms with Crippen molar-refractivity contribution in [1.82, 2.24) is 9.97 Å². The lowest BCUT2D eigenvalue weighted by atomic mass is 10.1. The van der Waals surface area contributed by atoms with Gasteiger partial charge in [-0.1, -0.05) is 6.07 Å². The molecule has 0 aliphatic heterocycles. The minimum atomic E-state index is 1.03. The van der Waals surface area contributed by atoms with Crippen LogP contribution in [0.4, 0.5) is 0 Å². The van der Waals surface area contributed by atoms with Crippen LogP contribution in [0.1, 0.15) is 0 Å². The van der Waals surface area contributed by atoms with Crippen molar-refractivity contribution in [2.75, 3.05) is 0 Å². The largest absolute Gasteiger partial charge is 0.264 e. The van der Waals surface area contributed by atoms with E-state index in [0.717, 1.165) is 21.1 Å². The summed E-state index contributed by atoms with van der Waals surface area (Å²) >= 11 is 5.22. The number of thiazole rings is 1. The summed E-state index contributed by atoms with van der Waals surface area (Å²) in [6.07, 6.45) is 3.64. The summed E-state index contributed by atoms with van der Waals surface area (Å²) in [5.41, 5.74) is 5.14. The number of hydrogen-bond donors (Lipinski definition) is 0. The predicted molar refractivity (Wildman–Crippen MR) is 70.6 cm³/mol. The molecule has 1 aromatic carbocycles. The number of halogens is 1. The second kappa shape index (κ2) is 3.96. The first-order valence-electron chi connectivity index (χ1n) is 4.78. The van der Waals surface area contributed by atoms with Gasteiger partial charge in [-0.3, -0.25) is 4.98 Å². The van der Waals surface area contributed by atoms with Crippen LogP contribution in [0.3, 0.4) is 0 Å². The van der Waals surface area contributed by atoms with E-state index in [-0.39, 0.29) is 0 Å². The molecule has 0 spiro atoms. The second-order valence-corrected chi connectivity index (χ2v) is 5.11. The van der Waals surface area contributed by atoms with Crippen molar-refractivity contribution < 1.29 is 0 Å². The Balaban J connectivity index is 2.25. The van der Waals surface area contributed by atoms with Gasteiger partial charge in [0.2, 0.25) is 0 Å². The van der Waals surface area contributed by atoms with Crippen LogP contribution in [0.15, 0.2) is 46.6 Å². The molecule has 0 aliphatic carbocycles. The molecular formula is C12H7BrN2S. The van der Waals surface area contributed by atoms with Gasteiger partial charge < -0.3 is 0 Å². The fourth-order valence-electron chi connectivity index (χ4n) is 1.63. The quantitative estimate of drug-likeness (QED) is 0.674. The second-order valence-electron chi connectivity index (χ2n) is 3.40. The molecule has 78 valence electrons. The summed E-state index contributed by atoms with van der Waals surface area (Å²) in [4.78, 5) is 8.46. The number of hydrogen-bond acceptors (Lipinski definition) is 3. The van der Waals surface area contributed by atoms with E-state index in [1.165, 1.54) is 4.70 Å². The SMILES string of the molecule is Brc1cc(-c2cccnc2)cc2ncsc12. The Morgan fingerprint density at radius 3 is 2.94 bits per heavy atom. The van der Waals surface area contributed by atoms with Crippen molar-refractivity contribution >= 4 is 37.5 Å². The summed E-state index contributed by atoms with van der Waals surface area (Å²) in [6, 6.07) is 8.19. The number of benzene rings is 1. The monoisotopic (exact) mass is 290 g/mol. The molecule has 2 nitrogen and oxygen atoms in total. The first-order chi connectivity index (χ1) is 7.84. The first-order valence-corrected chi connectivity index (χ1v) is 6.45. The van der Waals surface area contributed by atoms with Gasteiger partial charge in [0, 0.05) is 22.4 Å². The third-order valence-electron chi connectivity index (χ3n) is 2.38. The average Bonchev–Trinajstić information content (AvgIpc) is 2.79. The molecule has 2 heterocycles. The normalized spacial score (nSPS) is 10.8. The van der Waals surface area contributed by atoms with Crippen LogP contribution >= 0.6 is 27.3 Å². The van der Waals surface area contributed by atoms with Crippen LogP contribution in [0.2, 0.25) is 0 Å². The fraction of sp³-hybridized carbons (Fsp3) is 0. The topological polar surface area (TPSA) is 25.8 Å². The molecule has 0 saturated heterocycles. The standard InChI is InChI=1S/C12H7BrN2S/c13-10-4-9(8-2-1-3-14-6-8)5-11-12(10)16-7-15-11/h1-7H. The van der Waals surface area contributed by atoms with Crippen molar-refractivity contribution in [2.45, 2.75) is 0 Å². The van der Waals surface area contributed by atoms with E-state index in [1.807, 2.05) is 23.8 Å². The lowest BCUT2D eigenvalue weighted by Crippen LogP contribution is -1.80. The number of aromatic nitrogens is 2. The van der Waals surface area contributed by atoms with Crippen LogP contribution < -0.4 is 0 Å². The van der Waals surface area contributed by atoms with Crippen LogP contribution in [-0.4, -0.2) is 9.97 Å². The van der Waals surface area contributed by atoms with Crippen molar-refractivity contribution in [3.8, 4) is 11.1 Å². The van der Waals surface area contributed by atoms with E-state index < -0.39 is 0 Å². The molecule has 0 fully saturated rings. The first kappa shape index (κ1) is 9.93. The van der Waals surface area contributed by atoms with Crippen LogP contribution in [0.5, 0.6) is 0 Å². The molecule has 0 radical (unpaired) electrons. The number of nitrogens with zero attached hydrogens (tertiary/aromatic N) is 2. The minimum Gasteiger partial charge on any atom is -0.264 e. The van der Waals surface area contributed by atoms with Gasteiger partial charge in [-0.15, -0.1) is 11.3 Å². The minimum absolute atomic E-state index is 1.03. The highest BCUT2D eigenvalue weighted by atomic mass is 79.9. The maximum Gasteiger partial charge on any atom is 0.0829 e. The molecule has 0 amide bonds. The van der Waals surface area contributed by atoms with E-state index in [0.29, 0.717) is 0 Å². The van der Waals surface area contributed by atoms with Crippen LogP contribution in [0, 0.1) is 0 Å². The van der Waals surface area contributed by atoms with Gasteiger partial charge in [0.15, 0.2) is 0 Å². The summed E-state index contributed by atoms with van der Waals surface area (Å²) in [6.45, 7) is 0. The molecule has 0 aliphatic rings. The highest BCUT2D eigenvalue weighted by Gasteiger charge is 2.05. The Kier molecular flexibility index (Phi) is 2.46. The molecule has 3 rings (SSSR count). The Morgan fingerprint density at radius 2 is 2.12 bits per heavy atom. The molecule has 3 aromatic rings. The van der Waals surface area contributed by atoms with Crippen molar-refractivity contribution in [1.29, 1.82) is 0 Å². The Bertz CT molecular complexity index is 634. The van der Waals surface area contributed by atoms with Gasteiger partial charge in [-0.2, -0.15) is 0 Å².